The highest BCUT2D eigenvalue weighted by molar-refractivity contribution is 5.95. The standard InChI is InChI=1S/C12H11N5O3/c18-11(16-5-9(6-16)12(19)20)8-1-3-10(4-2-8)17-7-13-14-15-17/h1-4,7,9H,5-6H2,(H,19,20). The molecule has 0 radical (unpaired) electrons. The van der Waals surface area contributed by atoms with E-state index < -0.39 is 11.9 Å². The highest BCUT2D eigenvalue weighted by Crippen LogP contribution is 2.19. The average Bonchev–Trinajstić information content (AvgIpc) is 2.90. The fourth-order valence-corrected chi connectivity index (χ4v) is 2.02. The molecule has 1 aliphatic heterocycles. The summed E-state index contributed by atoms with van der Waals surface area (Å²) in [5.74, 6) is -1.46. The molecule has 0 aliphatic carbocycles. The van der Waals surface area contributed by atoms with Crippen LogP contribution in [0, 0.1) is 5.92 Å². The summed E-state index contributed by atoms with van der Waals surface area (Å²) in [7, 11) is 0. The number of tetrazole rings is 1. The number of hydrogen-bond acceptors (Lipinski definition) is 5. The molecule has 1 fully saturated rings. The van der Waals surface area contributed by atoms with Crippen LogP contribution in [-0.2, 0) is 4.79 Å². The molecular formula is C12H11N5O3. The van der Waals surface area contributed by atoms with E-state index in [-0.39, 0.29) is 19.0 Å². The summed E-state index contributed by atoms with van der Waals surface area (Å²) in [6.07, 6.45) is 1.46. The van der Waals surface area contributed by atoms with E-state index in [1.165, 1.54) is 15.9 Å². The van der Waals surface area contributed by atoms with Gasteiger partial charge in [0.15, 0.2) is 0 Å². The molecule has 1 aromatic carbocycles. The molecule has 20 heavy (non-hydrogen) atoms. The molecule has 1 aliphatic rings. The zero-order chi connectivity index (χ0) is 14.1. The van der Waals surface area contributed by atoms with Gasteiger partial charge in [-0.2, -0.15) is 0 Å². The number of aromatic nitrogens is 4. The van der Waals surface area contributed by atoms with Crippen LogP contribution >= 0.6 is 0 Å². The van der Waals surface area contributed by atoms with Gasteiger partial charge in [0.05, 0.1) is 11.6 Å². The average molecular weight is 273 g/mol. The lowest BCUT2D eigenvalue weighted by atomic mass is 9.99. The normalized spacial score (nSPS) is 14.9. The van der Waals surface area contributed by atoms with Crippen LogP contribution in [0.25, 0.3) is 5.69 Å². The number of benzene rings is 1. The summed E-state index contributed by atoms with van der Waals surface area (Å²) in [6.45, 7) is 0.534. The molecule has 0 unspecified atom stereocenters. The first-order valence-corrected chi connectivity index (χ1v) is 6.00. The van der Waals surface area contributed by atoms with Crippen molar-refractivity contribution in [2.24, 2.45) is 5.92 Å². The minimum absolute atomic E-state index is 0.161. The Balaban J connectivity index is 1.69. The molecular weight excluding hydrogens is 262 g/mol. The van der Waals surface area contributed by atoms with Crippen LogP contribution in [0.5, 0.6) is 0 Å². The topological polar surface area (TPSA) is 101 Å². The molecule has 0 atom stereocenters. The summed E-state index contributed by atoms with van der Waals surface area (Å²) < 4.78 is 1.48. The van der Waals surface area contributed by atoms with E-state index >= 15 is 0 Å². The minimum Gasteiger partial charge on any atom is -0.481 e. The third kappa shape index (κ3) is 2.11. The number of aliphatic carboxylic acids is 1. The molecule has 1 N–H and O–H groups in total. The summed E-state index contributed by atoms with van der Waals surface area (Å²) in [4.78, 5) is 24.3. The quantitative estimate of drug-likeness (QED) is 0.832. The summed E-state index contributed by atoms with van der Waals surface area (Å²) >= 11 is 0. The Hall–Kier alpha value is -2.77. The number of carbonyl (C=O) groups is 2. The fourth-order valence-electron chi connectivity index (χ4n) is 2.02. The Morgan fingerprint density at radius 3 is 2.45 bits per heavy atom. The molecule has 102 valence electrons. The Morgan fingerprint density at radius 2 is 1.90 bits per heavy atom. The van der Waals surface area contributed by atoms with Gasteiger partial charge in [-0.05, 0) is 34.7 Å². The smallest absolute Gasteiger partial charge is 0.310 e. The number of carbonyl (C=O) groups excluding carboxylic acids is 1. The van der Waals surface area contributed by atoms with Crippen molar-refractivity contribution in [3.05, 3.63) is 36.2 Å². The third-order valence-corrected chi connectivity index (χ3v) is 3.25. The van der Waals surface area contributed by atoms with Crippen LogP contribution in [0.15, 0.2) is 30.6 Å². The SMILES string of the molecule is O=C(O)C1CN(C(=O)c2ccc(-n3cnnn3)cc2)C1. The lowest BCUT2D eigenvalue weighted by molar-refractivity contribution is -0.146. The van der Waals surface area contributed by atoms with Crippen LogP contribution in [0.1, 0.15) is 10.4 Å². The number of carboxylic acids is 1. The van der Waals surface area contributed by atoms with Crippen molar-refractivity contribution in [2.75, 3.05) is 13.1 Å². The molecule has 8 nitrogen and oxygen atoms in total. The van der Waals surface area contributed by atoms with E-state index in [1.807, 2.05) is 0 Å². The van der Waals surface area contributed by atoms with Gasteiger partial charge in [0, 0.05) is 18.7 Å². The fraction of sp³-hybridized carbons (Fsp3) is 0.250. The van der Waals surface area contributed by atoms with Crippen molar-refractivity contribution in [1.29, 1.82) is 0 Å². The van der Waals surface area contributed by atoms with Crippen molar-refractivity contribution >= 4 is 11.9 Å². The lowest BCUT2D eigenvalue weighted by Crippen LogP contribution is -2.53. The Kier molecular flexibility index (Phi) is 2.90. The van der Waals surface area contributed by atoms with Gasteiger partial charge in [-0.25, -0.2) is 4.68 Å². The van der Waals surface area contributed by atoms with Gasteiger partial charge in [-0.15, -0.1) is 5.10 Å². The summed E-state index contributed by atoms with van der Waals surface area (Å²) in [6, 6.07) is 6.82. The molecule has 8 heteroatoms. The van der Waals surface area contributed by atoms with E-state index in [0.717, 1.165) is 5.69 Å². The first-order chi connectivity index (χ1) is 9.65. The number of amides is 1. The maximum Gasteiger partial charge on any atom is 0.310 e. The minimum atomic E-state index is -0.858. The number of nitrogens with zero attached hydrogens (tertiary/aromatic N) is 5. The van der Waals surface area contributed by atoms with Crippen LogP contribution in [0.3, 0.4) is 0 Å². The zero-order valence-corrected chi connectivity index (χ0v) is 10.4. The molecule has 1 amide bonds. The number of carboxylic acid groups (broad SMARTS) is 1. The van der Waals surface area contributed by atoms with Crippen molar-refractivity contribution in [1.82, 2.24) is 25.1 Å². The summed E-state index contributed by atoms with van der Waals surface area (Å²) in [5, 5.41) is 19.6. The highest BCUT2D eigenvalue weighted by atomic mass is 16.4. The lowest BCUT2D eigenvalue weighted by Gasteiger charge is -2.36. The van der Waals surface area contributed by atoms with E-state index in [1.54, 1.807) is 24.3 Å². The third-order valence-electron chi connectivity index (χ3n) is 3.25. The van der Waals surface area contributed by atoms with Crippen molar-refractivity contribution < 1.29 is 14.7 Å². The van der Waals surface area contributed by atoms with Crippen molar-refractivity contribution in [2.45, 2.75) is 0 Å². The van der Waals surface area contributed by atoms with Gasteiger partial charge in [-0.1, -0.05) is 0 Å². The molecule has 1 aromatic heterocycles. The molecule has 2 aromatic rings. The van der Waals surface area contributed by atoms with E-state index in [0.29, 0.717) is 5.56 Å². The molecule has 2 heterocycles. The van der Waals surface area contributed by atoms with Gasteiger partial charge in [0.2, 0.25) is 0 Å². The Bertz CT molecular complexity index is 632. The molecule has 1 saturated heterocycles. The second-order valence-corrected chi connectivity index (χ2v) is 4.55. The van der Waals surface area contributed by atoms with Crippen LogP contribution in [0.2, 0.25) is 0 Å². The molecule has 3 rings (SSSR count). The first kappa shape index (κ1) is 12.3. The maximum absolute atomic E-state index is 12.1. The van der Waals surface area contributed by atoms with Crippen LogP contribution < -0.4 is 0 Å². The maximum atomic E-state index is 12.1. The first-order valence-electron chi connectivity index (χ1n) is 6.00. The van der Waals surface area contributed by atoms with Gasteiger partial charge >= 0.3 is 5.97 Å². The van der Waals surface area contributed by atoms with Crippen molar-refractivity contribution in [3.63, 3.8) is 0 Å². The number of hydrogen-bond donors (Lipinski definition) is 1. The van der Waals surface area contributed by atoms with Gasteiger partial charge in [0.25, 0.3) is 5.91 Å². The van der Waals surface area contributed by atoms with E-state index in [9.17, 15) is 9.59 Å². The second kappa shape index (κ2) is 4.72. The number of rotatable bonds is 3. The predicted octanol–water partition coefficient (Wildman–Crippen LogP) is -0.181. The largest absolute Gasteiger partial charge is 0.481 e. The van der Waals surface area contributed by atoms with Gasteiger partial charge in [-0.3, -0.25) is 9.59 Å². The molecule has 0 spiro atoms. The Labute approximate surface area is 113 Å². The van der Waals surface area contributed by atoms with E-state index in [2.05, 4.69) is 15.5 Å². The van der Waals surface area contributed by atoms with Gasteiger partial charge in [0.1, 0.15) is 6.33 Å². The van der Waals surface area contributed by atoms with Crippen LogP contribution in [-0.4, -0.2) is 55.2 Å². The molecule has 0 bridgehead atoms. The highest BCUT2D eigenvalue weighted by Gasteiger charge is 2.35. The van der Waals surface area contributed by atoms with E-state index in [4.69, 9.17) is 5.11 Å². The second-order valence-electron chi connectivity index (χ2n) is 4.55. The number of likely N-dealkylation sites (tertiary alicyclic amines) is 1. The summed E-state index contributed by atoms with van der Waals surface area (Å²) in [5.41, 5.74) is 1.27. The molecule has 0 saturated carbocycles. The Morgan fingerprint density at radius 1 is 1.20 bits per heavy atom. The van der Waals surface area contributed by atoms with Crippen molar-refractivity contribution in [3.8, 4) is 5.69 Å². The van der Waals surface area contributed by atoms with Crippen LogP contribution in [0.4, 0.5) is 0 Å². The van der Waals surface area contributed by atoms with Gasteiger partial charge < -0.3 is 10.0 Å². The zero-order valence-electron chi connectivity index (χ0n) is 10.4. The monoisotopic (exact) mass is 273 g/mol. The predicted molar refractivity (Wildman–Crippen MR) is 66.2 cm³/mol.